The summed E-state index contributed by atoms with van der Waals surface area (Å²) < 4.78 is 105. The molecule has 0 spiro atoms. The quantitative estimate of drug-likeness (QED) is 0.304. The third-order valence-electron chi connectivity index (χ3n) is 3.06. The predicted molar refractivity (Wildman–Crippen MR) is 69.1 cm³/mol. The second kappa shape index (κ2) is 5.77. The first kappa shape index (κ1) is 17.7. The highest BCUT2D eigenvalue weighted by Gasteiger charge is 2.35. The van der Waals surface area contributed by atoms with Crippen molar-refractivity contribution in [1.82, 2.24) is 0 Å². The lowest BCUT2D eigenvalue weighted by Crippen LogP contribution is -2.09. The fourth-order valence-electron chi connectivity index (χ4n) is 1.98. The van der Waals surface area contributed by atoms with Gasteiger partial charge >= 0.3 is 6.18 Å². The molecule has 0 unspecified atom stereocenters. The minimum Gasteiger partial charge on any atom is -0.203 e. The monoisotopic (exact) mass is 404 g/mol. The standard InChI is InChI=1S/C14H5BrF8/c1-4-2-5(3-6(8(4)15)14(21,22)23)7-9(16)11(18)13(20)12(19)10(7)17/h2-3H,1H3. The predicted octanol–water partition coefficient (Wildman–Crippen LogP) is 6.14. The SMILES string of the molecule is Cc1cc(-c2c(F)c(F)c(F)c(F)c2F)cc(C(F)(F)F)c1Br. The molecule has 0 saturated heterocycles. The Morgan fingerprint density at radius 3 is 1.65 bits per heavy atom. The molecule has 0 amide bonds. The van der Waals surface area contributed by atoms with E-state index in [0.29, 0.717) is 6.07 Å². The van der Waals surface area contributed by atoms with Gasteiger partial charge in [0.25, 0.3) is 0 Å². The third-order valence-corrected chi connectivity index (χ3v) is 4.11. The summed E-state index contributed by atoms with van der Waals surface area (Å²) >= 11 is 2.68. The first-order chi connectivity index (χ1) is 10.5. The third kappa shape index (κ3) is 2.93. The van der Waals surface area contributed by atoms with Crippen LogP contribution >= 0.6 is 15.9 Å². The lowest BCUT2D eigenvalue weighted by Gasteiger charge is -2.15. The number of aryl methyl sites for hydroxylation is 1. The Kier molecular flexibility index (Phi) is 4.44. The maximum Gasteiger partial charge on any atom is 0.417 e. The van der Waals surface area contributed by atoms with Crippen LogP contribution in [0.15, 0.2) is 16.6 Å². The average Bonchev–Trinajstić information content (AvgIpc) is 2.45. The summed E-state index contributed by atoms with van der Waals surface area (Å²) in [7, 11) is 0. The molecule has 0 atom stereocenters. The van der Waals surface area contributed by atoms with Gasteiger partial charge in [-0.25, -0.2) is 22.0 Å². The average molecular weight is 405 g/mol. The Bertz CT molecular complexity index is 766. The molecular formula is C14H5BrF8. The van der Waals surface area contributed by atoms with E-state index in [1.807, 2.05) is 0 Å². The summed E-state index contributed by atoms with van der Waals surface area (Å²) in [5.74, 6) is -11.2. The molecule has 0 heterocycles. The van der Waals surface area contributed by atoms with Gasteiger partial charge < -0.3 is 0 Å². The van der Waals surface area contributed by atoms with Crippen LogP contribution in [0.1, 0.15) is 11.1 Å². The Hall–Kier alpha value is -1.64. The molecule has 2 aromatic carbocycles. The van der Waals surface area contributed by atoms with Crippen LogP contribution < -0.4 is 0 Å². The highest BCUT2D eigenvalue weighted by Crippen LogP contribution is 2.41. The second-order valence-electron chi connectivity index (χ2n) is 4.60. The minimum absolute atomic E-state index is 0.0845. The molecule has 0 nitrogen and oxygen atoms in total. The molecule has 0 fully saturated rings. The van der Waals surface area contributed by atoms with Crippen molar-refractivity contribution in [2.24, 2.45) is 0 Å². The van der Waals surface area contributed by atoms with Crippen LogP contribution in [0.3, 0.4) is 0 Å². The maximum atomic E-state index is 13.7. The zero-order chi connectivity index (χ0) is 17.7. The number of halogens is 9. The molecule has 0 saturated carbocycles. The fraction of sp³-hybridized carbons (Fsp3) is 0.143. The van der Waals surface area contributed by atoms with Crippen LogP contribution in [0.25, 0.3) is 11.1 Å². The number of hydrogen-bond donors (Lipinski definition) is 0. The lowest BCUT2D eigenvalue weighted by molar-refractivity contribution is -0.138. The number of hydrogen-bond acceptors (Lipinski definition) is 0. The normalized spacial score (nSPS) is 11.9. The Balaban J connectivity index is 2.87. The summed E-state index contributed by atoms with van der Waals surface area (Å²) in [5, 5.41) is 0. The van der Waals surface area contributed by atoms with Gasteiger partial charge in [0.2, 0.25) is 5.82 Å². The summed E-state index contributed by atoms with van der Waals surface area (Å²) in [6.07, 6.45) is -4.89. The van der Waals surface area contributed by atoms with Crippen molar-refractivity contribution >= 4 is 15.9 Å². The zero-order valence-electron chi connectivity index (χ0n) is 11.1. The molecule has 2 rings (SSSR count). The largest absolute Gasteiger partial charge is 0.417 e. The number of alkyl halides is 3. The van der Waals surface area contributed by atoms with Gasteiger partial charge in [-0.2, -0.15) is 13.2 Å². The number of benzene rings is 2. The van der Waals surface area contributed by atoms with Gasteiger partial charge in [-0.15, -0.1) is 0 Å². The molecule has 0 bridgehead atoms. The summed E-state index contributed by atoms with van der Waals surface area (Å²) in [4.78, 5) is 0. The van der Waals surface area contributed by atoms with Crippen molar-refractivity contribution in [2.45, 2.75) is 13.1 Å². The van der Waals surface area contributed by atoms with E-state index >= 15 is 0 Å². The molecule has 124 valence electrons. The van der Waals surface area contributed by atoms with Crippen LogP contribution in [0.2, 0.25) is 0 Å². The number of rotatable bonds is 1. The minimum atomic E-state index is -4.89. The van der Waals surface area contributed by atoms with Gasteiger partial charge in [0, 0.05) is 4.47 Å². The van der Waals surface area contributed by atoms with Crippen molar-refractivity contribution in [3.8, 4) is 11.1 Å². The molecule has 23 heavy (non-hydrogen) atoms. The molecule has 0 aliphatic rings. The van der Waals surface area contributed by atoms with Crippen LogP contribution in [-0.4, -0.2) is 0 Å². The topological polar surface area (TPSA) is 0 Å². The van der Waals surface area contributed by atoms with E-state index in [1.54, 1.807) is 0 Å². The summed E-state index contributed by atoms with van der Waals surface area (Å²) in [5.41, 5.74) is -3.57. The van der Waals surface area contributed by atoms with E-state index in [0.717, 1.165) is 6.07 Å². The van der Waals surface area contributed by atoms with Crippen LogP contribution in [0, 0.1) is 36.0 Å². The van der Waals surface area contributed by atoms with E-state index in [2.05, 4.69) is 15.9 Å². The molecule has 9 heteroatoms. The van der Waals surface area contributed by atoms with Crippen molar-refractivity contribution in [2.75, 3.05) is 0 Å². The zero-order valence-corrected chi connectivity index (χ0v) is 12.6. The van der Waals surface area contributed by atoms with E-state index in [1.165, 1.54) is 6.92 Å². The fourth-order valence-corrected chi connectivity index (χ4v) is 2.43. The van der Waals surface area contributed by atoms with E-state index < -0.39 is 56.4 Å². The van der Waals surface area contributed by atoms with Gasteiger partial charge in [-0.1, -0.05) is 6.07 Å². The van der Waals surface area contributed by atoms with Crippen LogP contribution in [-0.2, 0) is 6.18 Å². The smallest absolute Gasteiger partial charge is 0.203 e. The van der Waals surface area contributed by atoms with Crippen LogP contribution in [0.5, 0.6) is 0 Å². The van der Waals surface area contributed by atoms with Crippen molar-refractivity contribution in [3.63, 3.8) is 0 Å². The lowest BCUT2D eigenvalue weighted by atomic mass is 9.98. The van der Waals surface area contributed by atoms with Gasteiger partial charge in [0.15, 0.2) is 23.3 Å². The molecule has 0 radical (unpaired) electrons. The van der Waals surface area contributed by atoms with Crippen molar-refractivity contribution < 1.29 is 35.1 Å². The summed E-state index contributed by atoms with van der Waals surface area (Å²) in [6.45, 7) is 1.19. The molecule has 0 aromatic heterocycles. The maximum absolute atomic E-state index is 13.7. The van der Waals surface area contributed by atoms with Gasteiger partial charge in [-0.3, -0.25) is 0 Å². The van der Waals surface area contributed by atoms with Crippen molar-refractivity contribution in [3.05, 3.63) is 56.8 Å². The second-order valence-corrected chi connectivity index (χ2v) is 5.39. The molecule has 2 aromatic rings. The van der Waals surface area contributed by atoms with E-state index in [9.17, 15) is 35.1 Å². The van der Waals surface area contributed by atoms with Gasteiger partial charge in [-0.05, 0) is 40.0 Å². The molecule has 0 aliphatic carbocycles. The molecule has 0 aliphatic heterocycles. The van der Waals surface area contributed by atoms with Gasteiger partial charge in [0.05, 0.1) is 11.1 Å². The first-order valence-corrected chi connectivity index (χ1v) is 6.65. The Labute approximate surface area is 132 Å². The molecule has 0 N–H and O–H groups in total. The molecular weight excluding hydrogens is 400 g/mol. The van der Waals surface area contributed by atoms with Gasteiger partial charge in [0.1, 0.15) is 0 Å². The van der Waals surface area contributed by atoms with E-state index in [4.69, 9.17) is 0 Å². The Morgan fingerprint density at radius 1 is 0.783 bits per heavy atom. The summed E-state index contributed by atoms with van der Waals surface area (Å²) in [6, 6.07) is 1.20. The Morgan fingerprint density at radius 2 is 1.22 bits per heavy atom. The van der Waals surface area contributed by atoms with Crippen LogP contribution in [0.4, 0.5) is 35.1 Å². The highest BCUT2D eigenvalue weighted by molar-refractivity contribution is 9.10. The first-order valence-electron chi connectivity index (χ1n) is 5.86. The highest BCUT2D eigenvalue weighted by atomic mass is 79.9. The van der Waals surface area contributed by atoms with E-state index in [-0.39, 0.29) is 5.56 Å². The van der Waals surface area contributed by atoms with Crippen molar-refractivity contribution in [1.29, 1.82) is 0 Å².